The van der Waals surface area contributed by atoms with Crippen molar-refractivity contribution < 1.29 is 9.47 Å². The molecule has 0 saturated heterocycles. The fourth-order valence-electron chi connectivity index (χ4n) is 1.50. The van der Waals surface area contributed by atoms with Gasteiger partial charge in [-0.05, 0) is 39.0 Å². The number of nitrogens with zero attached hydrogens (tertiary/aromatic N) is 1. The summed E-state index contributed by atoms with van der Waals surface area (Å²) in [6, 6.07) is 7.46. The van der Waals surface area contributed by atoms with Gasteiger partial charge in [-0.25, -0.2) is 0 Å². The summed E-state index contributed by atoms with van der Waals surface area (Å²) in [5, 5.41) is 8.83. The van der Waals surface area contributed by atoms with E-state index in [4.69, 9.17) is 20.5 Å². The van der Waals surface area contributed by atoms with Crippen LogP contribution in [0.15, 0.2) is 23.8 Å². The zero-order valence-electron chi connectivity index (χ0n) is 11.0. The highest BCUT2D eigenvalue weighted by Crippen LogP contribution is 2.30. The van der Waals surface area contributed by atoms with E-state index in [1.165, 1.54) is 0 Å². The summed E-state index contributed by atoms with van der Waals surface area (Å²) in [6.45, 7) is 6.62. The maximum Gasteiger partial charge on any atom is 0.161 e. The summed E-state index contributed by atoms with van der Waals surface area (Å²) in [5.74, 6) is 1.33. The van der Waals surface area contributed by atoms with Crippen LogP contribution in [0.3, 0.4) is 0 Å². The SMILES string of the molecule is CCOc1ccc(/C(N)=C(/C)C#N)cc1OCC. The highest BCUT2D eigenvalue weighted by atomic mass is 16.5. The normalized spacial score (nSPS) is 11.4. The Labute approximate surface area is 108 Å². The molecule has 0 aliphatic rings. The Balaban J connectivity index is 3.19. The number of rotatable bonds is 5. The zero-order valence-corrected chi connectivity index (χ0v) is 11.0. The van der Waals surface area contributed by atoms with Crippen LogP contribution in [0.25, 0.3) is 5.70 Å². The molecule has 96 valence electrons. The molecule has 0 spiro atoms. The summed E-state index contributed by atoms with van der Waals surface area (Å²) >= 11 is 0. The molecule has 0 radical (unpaired) electrons. The molecule has 1 aromatic rings. The number of ether oxygens (including phenoxy) is 2. The van der Waals surface area contributed by atoms with E-state index in [2.05, 4.69) is 0 Å². The van der Waals surface area contributed by atoms with E-state index >= 15 is 0 Å². The lowest BCUT2D eigenvalue weighted by Gasteiger charge is -2.12. The summed E-state index contributed by atoms with van der Waals surface area (Å²) in [6.07, 6.45) is 0. The topological polar surface area (TPSA) is 68.3 Å². The van der Waals surface area contributed by atoms with Crippen LogP contribution >= 0.6 is 0 Å². The molecule has 0 heterocycles. The number of nitrogens with two attached hydrogens (primary N) is 1. The van der Waals surface area contributed by atoms with Crippen LogP contribution in [0.1, 0.15) is 26.3 Å². The minimum atomic E-state index is 0.460. The van der Waals surface area contributed by atoms with Gasteiger partial charge in [0.05, 0.1) is 25.0 Å². The zero-order chi connectivity index (χ0) is 13.5. The maximum atomic E-state index is 8.83. The lowest BCUT2D eigenvalue weighted by atomic mass is 10.1. The minimum absolute atomic E-state index is 0.460. The Morgan fingerprint density at radius 1 is 1.22 bits per heavy atom. The van der Waals surface area contributed by atoms with E-state index in [0.29, 0.717) is 36.0 Å². The summed E-state index contributed by atoms with van der Waals surface area (Å²) < 4.78 is 11.0. The van der Waals surface area contributed by atoms with Crippen molar-refractivity contribution in [3.05, 3.63) is 29.3 Å². The standard InChI is InChI=1S/C14H18N2O2/c1-4-17-12-7-6-11(8-13(12)18-5-2)14(16)10(3)9-15/h6-8H,4-5,16H2,1-3H3/b14-10+. The van der Waals surface area contributed by atoms with Gasteiger partial charge in [-0.15, -0.1) is 0 Å². The third kappa shape index (κ3) is 3.17. The Morgan fingerprint density at radius 3 is 2.39 bits per heavy atom. The highest BCUT2D eigenvalue weighted by molar-refractivity contribution is 5.70. The van der Waals surface area contributed by atoms with E-state index < -0.39 is 0 Å². The summed E-state index contributed by atoms with van der Waals surface area (Å²) in [4.78, 5) is 0. The molecule has 2 N–H and O–H groups in total. The Kier molecular flexibility index (Phi) is 5.06. The molecule has 0 unspecified atom stereocenters. The second-order valence-electron chi connectivity index (χ2n) is 3.68. The average molecular weight is 246 g/mol. The van der Waals surface area contributed by atoms with Crippen molar-refractivity contribution in [3.63, 3.8) is 0 Å². The van der Waals surface area contributed by atoms with E-state index in [1.807, 2.05) is 26.0 Å². The number of nitriles is 1. The van der Waals surface area contributed by atoms with Gasteiger partial charge in [0.2, 0.25) is 0 Å². The van der Waals surface area contributed by atoms with Crippen LogP contribution in [0.5, 0.6) is 11.5 Å². The van der Waals surface area contributed by atoms with E-state index in [1.54, 1.807) is 19.1 Å². The van der Waals surface area contributed by atoms with Gasteiger partial charge in [-0.2, -0.15) is 5.26 Å². The van der Waals surface area contributed by atoms with Crippen molar-refractivity contribution in [3.8, 4) is 17.6 Å². The number of hydrogen-bond donors (Lipinski definition) is 1. The molecule has 4 nitrogen and oxygen atoms in total. The van der Waals surface area contributed by atoms with E-state index in [9.17, 15) is 0 Å². The van der Waals surface area contributed by atoms with E-state index in [-0.39, 0.29) is 0 Å². The van der Waals surface area contributed by atoms with E-state index in [0.717, 1.165) is 5.56 Å². The number of hydrogen-bond acceptors (Lipinski definition) is 4. The third-order valence-electron chi connectivity index (χ3n) is 2.43. The van der Waals surface area contributed by atoms with Gasteiger partial charge < -0.3 is 15.2 Å². The first-order valence-electron chi connectivity index (χ1n) is 5.90. The first-order valence-corrected chi connectivity index (χ1v) is 5.90. The summed E-state index contributed by atoms with van der Waals surface area (Å²) in [7, 11) is 0. The van der Waals surface area contributed by atoms with Crippen molar-refractivity contribution in [1.29, 1.82) is 5.26 Å². The number of allylic oxidation sites excluding steroid dienone is 1. The van der Waals surface area contributed by atoms with Gasteiger partial charge in [0.1, 0.15) is 0 Å². The smallest absolute Gasteiger partial charge is 0.161 e. The van der Waals surface area contributed by atoms with Crippen LogP contribution in [0.2, 0.25) is 0 Å². The molecular weight excluding hydrogens is 228 g/mol. The molecular formula is C14H18N2O2. The molecule has 1 rings (SSSR count). The van der Waals surface area contributed by atoms with Crippen molar-refractivity contribution in [2.75, 3.05) is 13.2 Å². The maximum absolute atomic E-state index is 8.83. The summed E-state index contributed by atoms with van der Waals surface area (Å²) in [5.41, 5.74) is 7.61. The fourth-order valence-corrected chi connectivity index (χ4v) is 1.50. The molecule has 1 aromatic carbocycles. The molecule has 0 atom stereocenters. The third-order valence-corrected chi connectivity index (χ3v) is 2.43. The Morgan fingerprint density at radius 2 is 1.83 bits per heavy atom. The van der Waals surface area contributed by atoms with Crippen LogP contribution in [-0.4, -0.2) is 13.2 Å². The largest absolute Gasteiger partial charge is 0.490 e. The van der Waals surface area contributed by atoms with Crippen molar-refractivity contribution in [2.24, 2.45) is 5.73 Å². The second kappa shape index (κ2) is 6.55. The monoisotopic (exact) mass is 246 g/mol. The Hall–Kier alpha value is -2.15. The predicted octanol–water partition coefficient (Wildman–Crippen LogP) is 2.70. The lowest BCUT2D eigenvalue weighted by Crippen LogP contribution is -2.02. The van der Waals surface area contributed by atoms with Gasteiger partial charge in [-0.3, -0.25) is 0 Å². The van der Waals surface area contributed by atoms with Crippen molar-refractivity contribution >= 4 is 5.70 Å². The second-order valence-corrected chi connectivity index (χ2v) is 3.68. The van der Waals surface area contributed by atoms with Crippen LogP contribution in [-0.2, 0) is 0 Å². The quantitative estimate of drug-likeness (QED) is 0.811. The van der Waals surface area contributed by atoms with Crippen molar-refractivity contribution in [2.45, 2.75) is 20.8 Å². The minimum Gasteiger partial charge on any atom is -0.490 e. The average Bonchev–Trinajstić information content (AvgIpc) is 2.39. The first kappa shape index (κ1) is 13.9. The van der Waals surface area contributed by atoms with Crippen LogP contribution in [0.4, 0.5) is 0 Å². The van der Waals surface area contributed by atoms with Gasteiger partial charge >= 0.3 is 0 Å². The molecule has 0 aliphatic carbocycles. The molecule has 0 amide bonds. The van der Waals surface area contributed by atoms with Gasteiger partial charge in [0.15, 0.2) is 11.5 Å². The highest BCUT2D eigenvalue weighted by Gasteiger charge is 2.08. The fraction of sp³-hybridized carbons (Fsp3) is 0.357. The van der Waals surface area contributed by atoms with Crippen LogP contribution in [0, 0.1) is 11.3 Å². The predicted molar refractivity (Wildman–Crippen MR) is 71.2 cm³/mol. The van der Waals surface area contributed by atoms with Gasteiger partial charge in [-0.1, -0.05) is 0 Å². The van der Waals surface area contributed by atoms with Crippen LogP contribution < -0.4 is 15.2 Å². The molecule has 0 saturated carbocycles. The first-order chi connectivity index (χ1) is 8.63. The van der Waals surface area contributed by atoms with Gasteiger partial charge in [0.25, 0.3) is 0 Å². The molecule has 0 aliphatic heterocycles. The Bertz CT molecular complexity index is 487. The molecule has 0 aromatic heterocycles. The molecule has 4 heteroatoms. The van der Waals surface area contributed by atoms with Gasteiger partial charge in [0, 0.05) is 11.1 Å². The lowest BCUT2D eigenvalue weighted by molar-refractivity contribution is 0.287. The number of benzene rings is 1. The molecule has 18 heavy (non-hydrogen) atoms. The molecule has 0 fully saturated rings. The molecule has 0 bridgehead atoms. The van der Waals surface area contributed by atoms with Crippen molar-refractivity contribution in [1.82, 2.24) is 0 Å².